The van der Waals surface area contributed by atoms with Crippen molar-refractivity contribution in [3.63, 3.8) is 0 Å². The molecule has 138 valence electrons. The van der Waals surface area contributed by atoms with Crippen LogP contribution in [0, 0.1) is 5.92 Å². The average Bonchev–Trinajstić information content (AvgIpc) is 2.51. The Kier molecular flexibility index (Phi) is 8.11. The Balaban J connectivity index is 2.37. The van der Waals surface area contributed by atoms with Gasteiger partial charge in [0, 0.05) is 6.42 Å². The van der Waals surface area contributed by atoms with Gasteiger partial charge in [-0.2, -0.15) is 0 Å². The molecular formula is C19H26O6. The van der Waals surface area contributed by atoms with Crippen LogP contribution >= 0.6 is 0 Å². The lowest BCUT2D eigenvalue weighted by molar-refractivity contribution is -0.160. The van der Waals surface area contributed by atoms with E-state index in [9.17, 15) is 19.5 Å². The van der Waals surface area contributed by atoms with Crippen LogP contribution in [0.15, 0.2) is 30.3 Å². The van der Waals surface area contributed by atoms with Crippen LogP contribution in [0.25, 0.3) is 0 Å². The maximum Gasteiger partial charge on any atom is 0.320 e. The predicted octanol–water partition coefficient (Wildman–Crippen LogP) is 3.33. The van der Waals surface area contributed by atoms with Crippen molar-refractivity contribution in [1.82, 2.24) is 0 Å². The molecule has 6 nitrogen and oxygen atoms in total. The highest BCUT2D eigenvalue weighted by molar-refractivity contribution is 5.93. The smallest absolute Gasteiger partial charge is 0.320 e. The minimum absolute atomic E-state index is 0.0430. The highest BCUT2D eigenvalue weighted by Gasteiger charge is 2.27. The maximum atomic E-state index is 12.0. The Morgan fingerprint density at radius 2 is 1.72 bits per heavy atom. The molecule has 0 aliphatic rings. The lowest BCUT2D eigenvalue weighted by Crippen LogP contribution is -2.26. The van der Waals surface area contributed by atoms with Crippen molar-refractivity contribution >= 4 is 17.9 Å². The summed E-state index contributed by atoms with van der Waals surface area (Å²) in [7, 11) is 0. The second kappa shape index (κ2) is 9.81. The SMILES string of the molecule is CC(C)(C)OC(=O)CCCCC(C(=O)O)C(=O)OCc1ccccc1. The number of unbranched alkanes of at least 4 members (excludes halogenated alkanes) is 1. The molecule has 0 saturated heterocycles. The average molecular weight is 350 g/mol. The number of carbonyl (C=O) groups is 3. The zero-order valence-corrected chi connectivity index (χ0v) is 15.0. The van der Waals surface area contributed by atoms with Gasteiger partial charge in [0.2, 0.25) is 0 Å². The van der Waals surface area contributed by atoms with Crippen molar-refractivity contribution in [3.05, 3.63) is 35.9 Å². The van der Waals surface area contributed by atoms with Crippen molar-refractivity contribution in [2.75, 3.05) is 0 Å². The monoisotopic (exact) mass is 350 g/mol. The van der Waals surface area contributed by atoms with E-state index in [0.717, 1.165) is 5.56 Å². The third kappa shape index (κ3) is 8.88. The molecular weight excluding hydrogens is 324 g/mol. The Morgan fingerprint density at radius 3 is 2.28 bits per heavy atom. The van der Waals surface area contributed by atoms with Gasteiger partial charge in [-0.1, -0.05) is 36.8 Å². The third-order valence-electron chi connectivity index (χ3n) is 3.35. The third-order valence-corrected chi connectivity index (χ3v) is 3.35. The number of benzene rings is 1. The van der Waals surface area contributed by atoms with Crippen LogP contribution in [0.3, 0.4) is 0 Å². The minimum atomic E-state index is -1.22. The molecule has 1 aromatic rings. The molecule has 0 spiro atoms. The van der Waals surface area contributed by atoms with E-state index in [1.807, 2.05) is 18.2 Å². The fourth-order valence-electron chi connectivity index (χ4n) is 2.18. The molecule has 0 aliphatic heterocycles. The van der Waals surface area contributed by atoms with Crippen LogP contribution in [0.2, 0.25) is 0 Å². The second-order valence-corrected chi connectivity index (χ2v) is 6.82. The number of carboxylic acid groups (broad SMARTS) is 1. The summed E-state index contributed by atoms with van der Waals surface area (Å²) in [5, 5.41) is 9.21. The van der Waals surface area contributed by atoms with Gasteiger partial charge < -0.3 is 14.6 Å². The molecule has 0 radical (unpaired) electrons. The predicted molar refractivity (Wildman–Crippen MR) is 91.7 cm³/mol. The molecule has 0 saturated carbocycles. The molecule has 1 unspecified atom stereocenters. The number of ether oxygens (including phenoxy) is 2. The topological polar surface area (TPSA) is 89.9 Å². The van der Waals surface area contributed by atoms with E-state index in [1.165, 1.54) is 0 Å². The molecule has 6 heteroatoms. The summed E-state index contributed by atoms with van der Waals surface area (Å²) in [6.45, 7) is 5.40. The summed E-state index contributed by atoms with van der Waals surface area (Å²) >= 11 is 0. The van der Waals surface area contributed by atoms with Gasteiger partial charge in [-0.3, -0.25) is 14.4 Å². The van der Waals surface area contributed by atoms with Gasteiger partial charge in [0.1, 0.15) is 12.2 Å². The van der Waals surface area contributed by atoms with Crippen molar-refractivity contribution in [3.8, 4) is 0 Å². The molecule has 0 fully saturated rings. The first-order chi connectivity index (χ1) is 11.7. The quantitative estimate of drug-likeness (QED) is 0.417. The fourth-order valence-corrected chi connectivity index (χ4v) is 2.18. The molecule has 0 aromatic heterocycles. The largest absolute Gasteiger partial charge is 0.481 e. The minimum Gasteiger partial charge on any atom is -0.481 e. The van der Waals surface area contributed by atoms with Crippen LogP contribution < -0.4 is 0 Å². The van der Waals surface area contributed by atoms with E-state index < -0.39 is 23.5 Å². The second-order valence-electron chi connectivity index (χ2n) is 6.82. The van der Waals surface area contributed by atoms with Crippen molar-refractivity contribution in [2.24, 2.45) is 5.92 Å². The molecule has 25 heavy (non-hydrogen) atoms. The van der Waals surface area contributed by atoms with Gasteiger partial charge in [0.25, 0.3) is 0 Å². The highest BCUT2D eigenvalue weighted by atomic mass is 16.6. The Labute approximate surface area is 148 Å². The van der Waals surface area contributed by atoms with E-state index in [-0.39, 0.29) is 25.4 Å². The Hall–Kier alpha value is -2.37. The first-order valence-electron chi connectivity index (χ1n) is 8.34. The van der Waals surface area contributed by atoms with E-state index in [4.69, 9.17) is 9.47 Å². The number of carbonyl (C=O) groups excluding carboxylic acids is 2. The van der Waals surface area contributed by atoms with Crippen LogP contribution in [-0.2, 0) is 30.5 Å². The standard InChI is InChI=1S/C19H26O6/c1-19(2,3)25-16(20)12-8-7-11-15(17(21)22)18(23)24-13-14-9-5-4-6-10-14/h4-6,9-10,15H,7-8,11-13H2,1-3H3,(H,21,22). The summed E-state index contributed by atoms with van der Waals surface area (Å²) in [5.74, 6) is -3.52. The van der Waals surface area contributed by atoms with Crippen molar-refractivity contribution < 1.29 is 29.0 Å². The number of carboxylic acids is 1. The van der Waals surface area contributed by atoms with Gasteiger partial charge in [-0.05, 0) is 39.2 Å². The summed E-state index contributed by atoms with van der Waals surface area (Å²) < 4.78 is 10.3. The number of hydrogen-bond donors (Lipinski definition) is 1. The first-order valence-corrected chi connectivity index (χ1v) is 8.34. The van der Waals surface area contributed by atoms with Gasteiger partial charge in [-0.25, -0.2) is 0 Å². The molecule has 1 N–H and O–H groups in total. The lowest BCUT2D eigenvalue weighted by atomic mass is 10.0. The molecule has 0 heterocycles. The van der Waals surface area contributed by atoms with E-state index in [2.05, 4.69) is 0 Å². The highest BCUT2D eigenvalue weighted by Crippen LogP contribution is 2.15. The molecule has 0 bridgehead atoms. The first kappa shape index (κ1) is 20.7. The zero-order chi connectivity index (χ0) is 18.9. The van der Waals surface area contributed by atoms with E-state index in [0.29, 0.717) is 12.8 Å². The Morgan fingerprint density at radius 1 is 1.08 bits per heavy atom. The molecule has 1 atom stereocenters. The normalized spacial score (nSPS) is 12.3. The van der Waals surface area contributed by atoms with Crippen LogP contribution in [0.1, 0.15) is 52.0 Å². The molecule has 0 amide bonds. The number of hydrogen-bond acceptors (Lipinski definition) is 5. The number of rotatable bonds is 9. The van der Waals surface area contributed by atoms with Gasteiger partial charge in [0.05, 0.1) is 0 Å². The molecule has 0 aliphatic carbocycles. The number of aliphatic carboxylic acids is 1. The van der Waals surface area contributed by atoms with Gasteiger partial charge in [0.15, 0.2) is 5.92 Å². The molecule has 1 aromatic carbocycles. The summed E-state index contributed by atoms with van der Waals surface area (Å²) in [4.78, 5) is 34.9. The van der Waals surface area contributed by atoms with Crippen LogP contribution in [0.5, 0.6) is 0 Å². The van der Waals surface area contributed by atoms with Crippen LogP contribution in [0.4, 0.5) is 0 Å². The van der Waals surface area contributed by atoms with Crippen LogP contribution in [-0.4, -0.2) is 28.6 Å². The summed E-state index contributed by atoms with van der Waals surface area (Å²) in [5.41, 5.74) is 0.256. The lowest BCUT2D eigenvalue weighted by Gasteiger charge is -2.19. The summed E-state index contributed by atoms with van der Waals surface area (Å²) in [6.07, 6.45) is 1.22. The Bertz CT molecular complexity index is 573. The number of esters is 2. The molecule has 1 rings (SSSR count). The zero-order valence-electron chi connectivity index (χ0n) is 15.0. The summed E-state index contributed by atoms with van der Waals surface area (Å²) in [6, 6.07) is 9.06. The van der Waals surface area contributed by atoms with Gasteiger partial charge in [-0.15, -0.1) is 0 Å². The fraction of sp³-hybridized carbons (Fsp3) is 0.526. The van der Waals surface area contributed by atoms with Crippen molar-refractivity contribution in [1.29, 1.82) is 0 Å². The van der Waals surface area contributed by atoms with Crippen molar-refractivity contribution in [2.45, 2.75) is 58.7 Å². The van der Waals surface area contributed by atoms with E-state index in [1.54, 1.807) is 32.9 Å². The maximum absolute atomic E-state index is 12.0. The van der Waals surface area contributed by atoms with Gasteiger partial charge >= 0.3 is 17.9 Å². The van der Waals surface area contributed by atoms with E-state index >= 15 is 0 Å².